The summed E-state index contributed by atoms with van der Waals surface area (Å²) in [5, 5.41) is 0. The van der Waals surface area contributed by atoms with E-state index in [9.17, 15) is 0 Å². The lowest BCUT2D eigenvalue weighted by Crippen LogP contribution is -2.11. The van der Waals surface area contributed by atoms with Gasteiger partial charge in [0, 0.05) is 23.5 Å². The maximum absolute atomic E-state index is 6.69. The highest BCUT2D eigenvalue weighted by Crippen LogP contribution is 2.40. The summed E-state index contributed by atoms with van der Waals surface area (Å²) in [5.41, 5.74) is 4.70. The Morgan fingerprint density at radius 1 is 0.441 bits per heavy atom. The lowest BCUT2D eigenvalue weighted by atomic mass is 9.97. The zero-order chi connectivity index (χ0) is 42.4. The molecule has 320 valence electrons. The first-order chi connectivity index (χ1) is 28.5. The third-order valence-corrected chi connectivity index (χ3v) is 11.1. The van der Waals surface area contributed by atoms with Crippen molar-refractivity contribution < 1.29 is 14.2 Å². The highest BCUT2D eigenvalue weighted by Gasteiger charge is 2.18. The molecule has 0 amide bonds. The van der Waals surface area contributed by atoms with Crippen LogP contribution in [0.4, 0.5) is 0 Å². The summed E-state index contributed by atoms with van der Waals surface area (Å²) in [6, 6.07) is 19.8. The van der Waals surface area contributed by atoms with E-state index in [0.29, 0.717) is 54.8 Å². The molecule has 0 bridgehead atoms. The van der Waals surface area contributed by atoms with Crippen molar-refractivity contribution in [1.82, 2.24) is 15.0 Å². The first kappa shape index (κ1) is 47.3. The molecule has 3 atom stereocenters. The summed E-state index contributed by atoms with van der Waals surface area (Å²) in [7, 11) is 0. The van der Waals surface area contributed by atoms with E-state index in [4.69, 9.17) is 19.2 Å². The van der Waals surface area contributed by atoms with E-state index in [1.54, 1.807) is 12.4 Å². The average Bonchev–Trinajstić information content (AvgIpc) is 3.21. The van der Waals surface area contributed by atoms with Crippen molar-refractivity contribution >= 4 is 0 Å². The van der Waals surface area contributed by atoms with Gasteiger partial charge < -0.3 is 14.2 Å². The number of benzene rings is 1. The molecule has 0 fully saturated rings. The van der Waals surface area contributed by atoms with Crippen LogP contribution in [0, 0.1) is 47.3 Å². The highest BCUT2D eigenvalue weighted by atomic mass is 16.5. The summed E-state index contributed by atoms with van der Waals surface area (Å²) in [6.45, 7) is 22.7. The zero-order valence-electron chi connectivity index (χ0n) is 38.1. The minimum Gasteiger partial charge on any atom is -0.489 e. The van der Waals surface area contributed by atoms with E-state index in [1.807, 2.05) is 60.7 Å². The second-order valence-electron chi connectivity index (χ2n) is 18.3. The van der Waals surface area contributed by atoms with Crippen LogP contribution >= 0.6 is 0 Å². The van der Waals surface area contributed by atoms with Crippen LogP contribution < -0.4 is 14.2 Å². The van der Waals surface area contributed by atoms with Gasteiger partial charge in [-0.3, -0.25) is 9.97 Å². The summed E-state index contributed by atoms with van der Waals surface area (Å²) < 4.78 is 20.0. The molecule has 0 radical (unpaired) electrons. The van der Waals surface area contributed by atoms with Crippen molar-refractivity contribution in [1.29, 1.82) is 0 Å². The summed E-state index contributed by atoms with van der Waals surface area (Å²) in [6.07, 6.45) is 17.7. The van der Waals surface area contributed by atoms with Crippen molar-refractivity contribution in [2.45, 2.75) is 139 Å². The molecule has 0 spiro atoms. The summed E-state index contributed by atoms with van der Waals surface area (Å²) >= 11 is 0. The van der Waals surface area contributed by atoms with Gasteiger partial charge in [-0.2, -0.15) is 0 Å². The van der Waals surface area contributed by atoms with Crippen LogP contribution in [0.1, 0.15) is 150 Å². The van der Waals surface area contributed by atoms with Gasteiger partial charge >= 0.3 is 0 Å². The van der Waals surface area contributed by atoms with E-state index in [0.717, 1.165) is 70.9 Å². The van der Waals surface area contributed by atoms with Gasteiger partial charge in [-0.15, -0.1) is 0 Å². The van der Waals surface area contributed by atoms with Crippen LogP contribution in [0.25, 0.3) is 22.8 Å². The summed E-state index contributed by atoms with van der Waals surface area (Å²) in [5.74, 6) is 13.0. The fraction of sp³-hybridized carbons (Fsp3) is 0.566. The largest absolute Gasteiger partial charge is 0.489 e. The van der Waals surface area contributed by atoms with Gasteiger partial charge in [0.2, 0.25) is 5.75 Å². The molecule has 0 unspecified atom stereocenters. The van der Waals surface area contributed by atoms with Gasteiger partial charge in [-0.05, 0) is 103 Å². The molecule has 0 aliphatic carbocycles. The normalized spacial score (nSPS) is 12.9. The van der Waals surface area contributed by atoms with Crippen LogP contribution in [0.15, 0.2) is 73.1 Å². The third-order valence-electron chi connectivity index (χ3n) is 11.1. The second kappa shape index (κ2) is 26.0. The zero-order valence-corrected chi connectivity index (χ0v) is 38.1. The van der Waals surface area contributed by atoms with Gasteiger partial charge in [0.15, 0.2) is 11.5 Å². The molecule has 4 rings (SSSR count). The van der Waals surface area contributed by atoms with E-state index >= 15 is 0 Å². The van der Waals surface area contributed by atoms with Gasteiger partial charge in [-0.1, -0.05) is 144 Å². The van der Waals surface area contributed by atoms with Crippen molar-refractivity contribution in [2.24, 2.45) is 35.5 Å². The predicted octanol–water partition coefficient (Wildman–Crippen LogP) is 14.3. The molecule has 3 heterocycles. The van der Waals surface area contributed by atoms with Gasteiger partial charge in [0.25, 0.3) is 0 Å². The van der Waals surface area contributed by atoms with Crippen LogP contribution in [-0.4, -0.2) is 34.8 Å². The minimum absolute atomic E-state index is 0.578. The maximum Gasteiger partial charge on any atom is 0.203 e. The van der Waals surface area contributed by atoms with Crippen molar-refractivity contribution in [3.8, 4) is 51.9 Å². The van der Waals surface area contributed by atoms with Gasteiger partial charge in [0.1, 0.15) is 0 Å². The maximum atomic E-state index is 6.69. The molecule has 0 N–H and O–H groups in total. The minimum atomic E-state index is 0.578. The molecular weight excluding hydrogens is 727 g/mol. The summed E-state index contributed by atoms with van der Waals surface area (Å²) in [4.78, 5) is 14.1. The molecule has 1 aromatic carbocycles. The van der Waals surface area contributed by atoms with Gasteiger partial charge in [0.05, 0.1) is 42.6 Å². The number of hydrogen-bond acceptors (Lipinski definition) is 6. The topological polar surface area (TPSA) is 66.4 Å². The Kier molecular flexibility index (Phi) is 20.8. The third kappa shape index (κ3) is 18.2. The van der Waals surface area contributed by atoms with E-state index in [1.165, 1.54) is 57.8 Å². The van der Waals surface area contributed by atoms with Crippen LogP contribution in [-0.2, 0) is 0 Å². The van der Waals surface area contributed by atoms with Gasteiger partial charge in [-0.25, -0.2) is 4.98 Å². The Balaban J connectivity index is 1.67. The number of nitrogens with zero attached hydrogens (tertiary/aromatic N) is 3. The lowest BCUT2D eigenvalue weighted by molar-refractivity contribution is 0.216. The molecule has 0 saturated carbocycles. The average molecular weight is 802 g/mol. The first-order valence-electron chi connectivity index (χ1n) is 22.9. The van der Waals surface area contributed by atoms with Crippen LogP contribution in [0.3, 0.4) is 0 Å². The highest BCUT2D eigenvalue weighted by molar-refractivity contribution is 5.66. The molecule has 6 heteroatoms. The molecule has 0 aliphatic rings. The Labute approximate surface area is 358 Å². The SMILES string of the molecule is CC(C)CCC[C@H](C)CCOc1cc(C#Cc2cc(-c3ccccn3)nc(-c3ccccn3)c2)cc(OCC[C@@H](C)CCCC(C)C)c1OCC[C@@H](C)CCCC(C)C. The number of aromatic nitrogens is 3. The van der Waals surface area contributed by atoms with Crippen molar-refractivity contribution in [3.63, 3.8) is 0 Å². The number of hydrogen-bond donors (Lipinski definition) is 0. The van der Waals surface area contributed by atoms with E-state index in [2.05, 4.69) is 84.1 Å². The molecule has 4 aromatic rings. The molecular formula is C53H75N3O3. The predicted molar refractivity (Wildman–Crippen MR) is 247 cm³/mol. The standard InChI is InChI=1S/C53H75N3O3/c1-39(2)17-14-20-42(7)27-32-57-51-37-46(26-25-45-35-49(47-23-10-12-30-54-47)56-50(36-45)48-24-11-13-31-55-48)38-52(58-33-28-43(8)21-15-18-40(3)4)53(51)59-34-29-44(9)22-16-19-41(5)6/h10-13,23-24,30-31,35-44H,14-22,27-29,32-34H2,1-9H3/t42-,43-,44-/m0/s1. The first-order valence-corrected chi connectivity index (χ1v) is 22.9. The second-order valence-corrected chi connectivity index (χ2v) is 18.3. The molecule has 6 nitrogen and oxygen atoms in total. The monoisotopic (exact) mass is 802 g/mol. The Bertz CT molecular complexity index is 1720. The van der Waals surface area contributed by atoms with Crippen molar-refractivity contribution in [3.05, 3.63) is 84.2 Å². The fourth-order valence-corrected chi connectivity index (χ4v) is 7.20. The van der Waals surface area contributed by atoms with E-state index < -0.39 is 0 Å². The Morgan fingerprint density at radius 2 is 0.831 bits per heavy atom. The fourth-order valence-electron chi connectivity index (χ4n) is 7.20. The van der Waals surface area contributed by atoms with Crippen molar-refractivity contribution in [2.75, 3.05) is 19.8 Å². The van der Waals surface area contributed by atoms with Crippen LogP contribution in [0.2, 0.25) is 0 Å². The lowest BCUT2D eigenvalue weighted by Gasteiger charge is -2.20. The quantitative estimate of drug-likeness (QED) is 0.0589. The Morgan fingerprint density at radius 3 is 1.20 bits per heavy atom. The van der Waals surface area contributed by atoms with E-state index in [-0.39, 0.29) is 0 Å². The molecule has 59 heavy (non-hydrogen) atoms. The Hall–Kier alpha value is -4.37. The number of pyridine rings is 3. The number of rotatable bonds is 26. The molecule has 3 aromatic heterocycles. The number of ether oxygens (including phenoxy) is 3. The van der Waals surface area contributed by atoms with Crippen LogP contribution in [0.5, 0.6) is 17.2 Å². The molecule has 0 saturated heterocycles. The molecule has 0 aliphatic heterocycles. The smallest absolute Gasteiger partial charge is 0.203 e.